The molecule has 0 saturated carbocycles. The van der Waals surface area contributed by atoms with E-state index in [2.05, 4.69) is 0 Å². The van der Waals surface area contributed by atoms with E-state index >= 15 is 0 Å². The fourth-order valence-electron chi connectivity index (χ4n) is 7.31. The molecule has 1 amide bonds. The van der Waals surface area contributed by atoms with Gasteiger partial charge in [0.2, 0.25) is 5.91 Å². The first-order chi connectivity index (χ1) is 21.3. The zero-order chi connectivity index (χ0) is 32.7. The van der Waals surface area contributed by atoms with Gasteiger partial charge in [-0.2, -0.15) is 0 Å². The van der Waals surface area contributed by atoms with Crippen molar-refractivity contribution in [3.05, 3.63) is 68.3 Å². The second-order valence-corrected chi connectivity index (χ2v) is 12.9. The number of nitrogens with two attached hydrogens (primary N) is 3. The predicted octanol–water partition coefficient (Wildman–Crippen LogP) is 5.09. The summed E-state index contributed by atoms with van der Waals surface area (Å²) in [7, 11) is 1.33. The van der Waals surface area contributed by atoms with Crippen LogP contribution in [0.5, 0.6) is 0 Å². The van der Waals surface area contributed by atoms with E-state index < -0.39 is 11.9 Å². The van der Waals surface area contributed by atoms with Gasteiger partial charge in [0.25, 0.3) is 0 Å². The topological polar surface area (TPSA) is 128 Å². The highest BCUT2D eigenvalue weighted by atomic mass is 19.1. The van der Waals surface area contributed by atoms with Crippen LogP contribution in [-0.2, 0) is 17.6 Å². The molecule has 0 spiro atoms. The van der Waals surface area contributed by atoms with Gasteiger partial charge in [0.15, 0.2) is 0 Å². The van der Waals surface area contributed by atoms with Gasteiger partial charge in [0, 0.05) is 55.0 Å². The summed E-state index contributed by atoms with van der Waals surface area (Å²) >= 11 is 0. The molecule has 2 saturated heterocycles. The van der Waals surface area contributed by atoms with E-state index in [4.69, 9.17) is 21.9 Å². The van der Waals surface area contributed by atoms with Crippen LogP contribution < -0.4 is 27.0 Å². The molecule has 0 aromatic heterocycles. The summed E-state index contributed by atoms with van der Waals surface area (Å²) in [6.45, 7) is 10.9. The number of rotatable bonds is 4. The summed E-state index contributed by atoms with van der Waals surface area (Å²) < 4.78 is 34.5. The minimum absolute atomic E-state index is 0.0610. The van der Waals surface area contributed by atoms with Crippen LogP contribution in [0.4, 0.5) is 20.2 Å². The number of allylic oxidation sites excluding steroid dienone is 4. The molecule has 2 aromatic carbocycles. The van der Waals surface area contributed by atoms with E-state index in [1.807, 2.05) is 37.5 Å². The Bertz CT molecular complexity index is 1620. The van der Waals surface area contributed by atoms with Crippen molar-refractivity contribution in [2.24, 2.45) is 17.2 Å². The molecule has 6 N–H and O–H groups in total. The van der Waals surface area contributed by atoms with Gasteiger partial charge >= 0.3 is 5.97 Å². The molecule has 2 atom stereocenters. The quantitative estimate of drug-likeness (QED) is 0.406. The molecule has 4 aliphatic rings. The zero-order valence-electron chi connectivity index (χ0n) is 27.0. The third kappa shape index (κ3) is 6.10. The first-order valence-corrected chi connectivity index (χ1v) is 15.8. The number of carbonyl (C=O) groups excluding carboxylic acids is 2. The van der Waals surface area contributed by atoms with Crippen molar-refractivity contribution >= 4 is 34.4 Å². The number of piperidine rings is 2. The molecule has 0 unspecified atom stereocenters. The average molecular weight is 622 g/mol. The largest absolute Gasteiger partial charge is 0.465 e. The second kappa shape index (κ2) is 12.9. The number of methoxy groups -OCH3 is 1. The van der Waals surface area contributed by atoms with Gasteiger partial charge in [0.1, 0.15) is 11.6 Å². The summed E-state index contributed by atoms with van der Waals surface area (Å²) in [5.74, 6) is -1.80. The van der Waals surface area contributed by atoms with E-state index in [1.165, 1.54) is 24.8 Å². The monoisotopic (exact) mass is 621 g/mol. The van der Waals surface area contributed by atoms with Crippen molar-refractivity contribution < 1.29 is 23.1 Å². The van der Waals surface area contributed by atoms with Crippen molar-refractivity contribution in [1.82, 2.24) is 0 Å². The molecular formula is C35H45F2N5O3. The van der Waals surface area contributed by atoms with Crippen LogP contribution in [0.25, 0.3) is 11.1 Å². The van der Waals surface area contributed by atoms with Gasteiger partial charge in [-0.1, -0.05) is 11.1 Å². The average Bonchev–Trinajstić information content (AvgIpc) is 3.46. The number of hydrogen-bond donors (Lipinski definition) is 3. The summed E-state index contributed by atoms with van der Waals surface area (Å²) in [6.07, 6.45) is 5.16. The normalized spacial score (nSPS) is 21.0. The van der Waals surface area contributed by atoms with Gasteiger partial charge < -0.3 is 31.7 Å². The number of ether oxygens (including phenoxy) is 1. The fourth-order valence-corrected chi connectivity index (χ4v) is 7.31. The highest BCUT2D eigenvalue weighted by Crippen LogP contribution is 2.44. The minimum Gasteiger partial charge on any atom is -0.465 e. The van der Waals surface area contributed by atoms with E-state index in [0.29, 0.717) is 48.4 Å². The van der Waals surface area contributed by atoms with Crippen LogP contribution >= 0.6 is 0 Å². The van der Waals surface area contributed by atoms with Gasteiger partial charge in [-0.3, -0.25) is 4.79 Å². The van der Waals surface area contributed by atoms with Crippen molar-refractivity contribution in [3.8, 4) is 0 Å². The number of amides is 1. The number of esters is 1. The fraction of sp³-hybridized carbons (Fsp3) is 0.486. The van der Waals surface area contributed by atoms with Crippen molar-refractivity contribution in [2.45, 2.75) is 78.3 Å². The predicted molar refractivity (Wildman–Crippen MR) is 175 cm³/mol. The lowest BCUT2D eigenvalue weighted by atomic mass is 9.95. The smallest absolute Gasteiger partial charge is 0.338 e. The Kier molecular flexibility index (Phi) is 9.37. The molecule has 242 valence electrons. The third-order valence-electron chi connectivity index (χ3n) is 9.86. The van der Waals surface area contributed by atoms with E-state index in [-0.39, 0.29) is 23.7 Å². The van der Waals surface area contributed by atoms with Crippen LogP contribution in [0, 0.1) is 11.6 Å². The van der Waals surface area contributed by atoms with Crippen molar-refractivity contribution in [3.63, 3.8) is 0 Å². The molecule has 2 aromatic rings. The Morgan fingerprint density at radius 1 is 0.778 bits per heavy atom. The molecule has 6 rings (SSSR count). The number of hydrogen-bond acceptors (Lipinski definition) is 7. The molecule has 8 nitrogen and oxygen atoms in total. The number of primary amides is 1. The van der Waals surface area contributed by atoms with Gasteiger partial charge in [-0.25, -0.2) is 13.6 Å². The highest BCUT2D eigenvalue weighted by Gasteiger charge is 2.33. The van der Waals surface area contributed by atoms with Gasteiger partial charge in [0.05, 0.1) is 24.0 Å². The van der Waals surface area contributed by atoms with E-state index in [9.17, 15) is 18.4 Å². The lowest BCUT2D eigenvalue weighted by Crippen LogP contribution is -2.43. The standard InChI is InChI=1S/C18H23FN2O2.C17H22FN3O/c1-10-7-13-14(18(22)23-3)8-15(19)17(16(13)11(10)2)21-6-4-5-12(20)9-21;1-9-6-12-13(17(20)22)7-14(18)16(15(12)10(9)2)21-5-3-4-11(19)8-21/h8,12H,4-7,9,20H2,1-3H3;7,11H,3-6,8,19H2,1-2H3,(H2,20,22)/t12-;11-/m00/s1. The lowest BCUT2D eigenvalue weighted by Gasteiger charge is -2.34. The number of fused-ring (bicyclic) bond motifs is 2. The molecule has 2 aliphatic carbocycles. The number of nitrogens with zero attached hydrogens (tertiary/aromatic N) is 2. The SMILES string of the molecule is CC1=C(C)c2c(c(C(N)=O)cc(F)c2N2CCC[C@H](N)C2)C1.COC(=O)c1cc(F)c(N2CCC[C@H](N)C2)c2c1CC(C)=C2C. The Labute approximate surface area is 264 Å². The Hall–Kier alpha value is -3.76. The second-order valence-electron chi connectivity index (χ2n) is 12.9. The molecule has 0 radical (unpaired) electrons. The molecule has 0 bridgehead atoms. The molecular weight excluding hydrogens is 576 g/mol. The molecule has 45 heavy (non-hydrogen) atoms. The molecule has 2 aliphatic heterocycles. The molecule has 10 heteroatoms. The maximum absolute atomic E-state index is 14.9. The summed E-state index contributed by atoms with van der Waals surface area (Å²) in [5, 5.41) is 0. The Morgan fingerprint density at radius 2 is 1.20 bits per heavy atom. The van der Waals surface area contributed by atoms with Gasteiger partial charge in [-0.15, -0.1) is 0 Å². The van der Waals surface area contributed by atoms with Crippen LogP contribution in [-0.4, -0.2) is 57.2 Å². The minimum atomic E-state index is -0.570. The summed E-state index contributed by atoms with van der Waals surface area (Å²) in [6, 6.07) is 2.74. The first-order valence-electron chi connectivity index (χ1n) is 15.8. The van der Waals surface area contributed by atoms with Crippen LogP contribution in [0.1, 0.15) is 96.3 Å². The molecule has 2 heterocycles. The van der Waals surface area contributed by atoms with Crippen LogP contribution in [0.2, 0.25) is 0 Å². The maximum atomic E-state index is 14.9. The van der Waals surface area contributed by atoms with Crippen LogP contribution in [0.15, 0.2) is 23.3 Å². The summed E-state index contributed by atoms with van der Waals surface area (Å²) in [5.41, 5.74) is 27.2. The van der Waals surface area contributed by atoms with Crippen LogP contribution in [0.3, 0.4) is 0 Å². The summed E-state index contributed by atoms with van der Waals surface area (Å²) in [4.78, 5) is 27.8. The number of anilines is 2. The number of halogens is 2. The number of benzene rings is 2. The van der Waals surface area contributed by atoms with E-state index in [1.54, 1.807) is 0 Å². The maximum Gasteiger partial charge on any atom is 0.338 e. The van der Waals surface area contributed by atoms with Crippen molar-refractivity contribution in [2.75, 3.05) is 43.1 Å². The van der Waals surface area contributed by atoms with Gasteiger partial charge in [-0.05, 0) is 101 Å². The zero-order valence-corrected chi connectivity index (χ0v) is 27.0. The first kappa shape index (κ1) is 32.6. The third-order valence-corrected chi connectivity index (χ3v) is 9.86. The Morgan fingerprint density at radius 3 is 1.60 bits per heavy atom. The Balaban J connectivity index is 0.000000178. The number of carbonyl (C=O) groups is 2. The highest BCUT2D eigenvalue weighted by molar-refractivity contribution is 5.99. The van der Waals surface area contributed by atoms with Crippen molar-refractivity contribution in [1.29, 1.82) is 0 Å². The van der Waals surface area contributed by atoms with E-state index in [0.717, 1.165) is 77.7 Å². The lowest BCUT2D eigenvalue weighted by molar-refractivity contribution is 0.0599. The molecule has 2 fully saturated rings.